The van der Waals surface area contributed by atoms with Gasteiger partial charge < -0.3 is 5.73 Å². The molecule has 0 unspecified atom stereocenters. The number of amidine groups is 1. The first-order valence-corrected chi connectivity index (χ1v) is 5.38. The van der Waals surface area contributed by atoms with E-state index in [1.165, 1.54) is 6.07 Å². The summed E-state index contributed by atoms with van der Waals surface area (Å²) >= 11 is 0. The van der Waals surface area contributed by atoms with E-state index >= 15 is 0 Å². The number of rotatable bonds is 0. The Morgan fingerprint density at radius 1 is 1.47 bits per heavy atom. The highest BCUT2D eigenvalue weighted by Crippen LogP contribution is 2.22. The fourth-order valence-corrected chi connectivity index (χ4v) is 2.11. The van der Waals surface area contributed by atoms with Gasteiger partial charge in [0, 0.05) is 5.56 Å². The molecule has 0 aliphatic carbocycles. The van der Waals surface area contributed by atoms with Crippen molar-refractivity contribution >= 4 is 21.7 Å². The fourth-order valence-electron chi connectivity index (χ4n) is 1.26. The topological polar surface area (TPSA) is 108 Å². The molecule has 0 radical (unpaired) electrons. The predicted molar refractivity (Wildman–Crippen MR) is 54.4 cm³/mol. The third-order valence-electron chi connectivity index (χ3n) is 1.88. The number of fused-ring (bicyclic) bond motifs is 1. The Morgan fingerprint density at radius 3 is 2.87 bits per heavy atom. The number of nitriles is 1. The van der Waals surface area contributed by atoms with Crippen LogP contribution >= 0.6 is 0 Å². The second-order valence-electron chi connectivity index (χ2n) is 2.93. The fraction of sp³-hybridized carbons (Fsp3) is 0. The van der Waals surface area contributed by atoms with Crippen LogP contribution in [0.5, 0.6) is 0 Å². The van der Waals surface area contributed by atoms with E-state index in [-0.39, 0.29) is 11.5 Å². The summed E-state index contributed by atoms with van der Waals surface area (Å²) in [6.45, 7) is 0. The summed E-state index contributed by atoms with van der Waals surface area (Å²) in [6.07, 6.45) is 0. The van der Waals surface area contributed by atoms with Gasteiger partial charge >= 0.3 is 10.2 Å². The van der Waals surface area contributed by atoms with Crippen molar-refractivity contribution in [1.29, 1.82) is 5.26 Å². The van der Waals surface area contributed by atoms with Crippen molar-refractivity contribution in [3.05, 3.63) is 29.3 Å². The van der Waals surface area contributed by atoms with Crippen LogP contribution in [0.4, 0.5) is 5.69 Å². The first-order valence-electron chi connectivity index (χ1n) is 3.94. The summed E-state index contributed by atoms with van der Waals surface area (Å²) in [5.74, 6) is -0.0757. The predicted octanol–water partition coefficient (Wildman–Crippen LogP) is -0.0661. The molecule has 1 heterocycles. The molecule has 1 aliphatic rings. The van der Waals surface area contributed by atoms with Crippen molar-refractivity contribution < 1.29 is 8.42 Å². The molecule has 0 saturated heterocycles. The standard InChI is InChI=1S/C8H6N4O2S/c9-4-5-1-2-6-7(3-5)11-15(13,14)12-8(6)10/h1-3,11H,(H2,10,12). The summed E-state index contributed by atoms with van der Waals surface area (Å²) in [7, 11) is -3.77. The van der Waals surface area contributed by atoms with E-state index in [2.05, 4.69) is 9.12 Å². The molecule has 0 amide bonds. The first-order chi connectivity index (χ1) is 7.02. The van der Waals surface area contributed by atoms with Crippen LogP contribution in [0.1, 0.15) is 11.1 Å². The molecule has 0 bridgehead atoms. The lowest BCUT2D eigenvalue weighted by Crippen LogP contribution is -2.26. The summed E-state index contributed by atoms with van der Waals surface area (Å²) < 4.78 is 27.8. The highest BCUT2D eigenvalue weighted by molar-refractivity contribution is 7.91. The van der Waals surface area contributed by atoms with Gasteiger partial charge in [-0.05, 0) is 18.2 Å². The summed E-state index contributed by atoms with van der Waals surface area (Å²) in [4.78, 5) is 0. The molecule has 1 aromatic carbocycles. The van der Waals surface area contributed by atoms with Crippen LogP contribution < -0.4 is 10.5 Å². The minimum absolute atomic E-state index is 0.0757. The number of hydrogen-bond acceptors (Lipinski definition) is 4. The SMILES string of the molecule is N#Cc1ccc2c(c1)NS(=O)(=O)N=C2N. The van der Waals surface area contributed by atoms with Gasteiger partial charge in [-0.1, -0.05) is 0 Å². The number of benzene rings is 1. The molecule has 2 rings (SSSR count). The van der Waals surface area contributed by atoms with Gasteiger partial charge in [0.2, 0.25) is 0 Å². The molecule has 1 aliphatic heterocycles. The van der Waals surface area contributed by atoms with E-state index in [0.29, 0.717) is 11.1 Å². The smallest absolute Gasteiger partial charge is 0.344 e. The molecule has 3 N–H and O–H groups in total. The maximum atomic E-state index is 11.2. The molecule has 15 heavy (non-hydrogen) atoms. The lowest BCUT2D eigenvalue weighted by atomic mass is 10.1. The highest BCUT2D eigenvalue weighted by Gasteiger charge is 2.20. The molecule has 76 valence electrons. The molecule has 6 nitrogen and oxygen atoms in total. The highest BCUT2D eigenvalue weighted by atomic mass is 32.2. The Kier molecular flexibility index (Phi) is 1.87. The zero-order valence-electron chi connectivity index (χ0n) is 7.43. The number of anilines is 1. The lowest BCUT2D eigenvalue weighted by Gasteiger charge is -2.15. The Labute approximate surface area is 86.2 Å². The molecule has 7 heteroatoms. The van der Waals surface area contributed by atoms with Gasteiger partial charge in [0.05, 0.1) is 17.3 Å². The molecule has 0 saturated carbocycles. The number of nitrogens with one attached hydrogen (secondary N) is 1. The average Bonchev–Trinajstić information content (AvgIpc) is 2.14. The molecule has 0 fully saturated rings. The van der Waals surface area contributed by atoms with Crippen LogP contribution in [0.25, 0.3) is 0 Å². The molecular weight excluding hydrogens is 216 g/mol. The van der Waals surface area contributed by atoms with Crippen LogP contribution in [-0.4, -0.2) is 14.3 Å². The summed E-state index contributed by atoms with van der Waals surface area (Å²) in [6, 6.07) is 6.41. The monoisotopic (exact) mass is 222 g/mol. The Morgan fingerprint density at radius 2 is 2.20 bits per heavy atom. The minimum atomic E-state index is -3.77. The van der Waals surface area contributed by atoms with Crippen LogP contribution in [0.2, 0.25) is 0 Å². The number of nitrogens with two attached hydrogens (primary N) is 1. The maximum Gasteiger partial charge on any atom is 0.344 e. The lowest BCUT2D eigenvalue weighted by molar-refractivity contribution is 0.602. The number of hydrogen-bond donors (Lipinski definition) is 2. The molecular formula is C8H6N4O2S. The minimum Gasteiger partial charge on any atom is -0.382 e. The first kappa shape index (κ1) is 9.48. The van der Waals surface area contributed by atoms with Crippen LogP contribution in [0.3, 0.4) is 0 Å². The van der Waals surface area contributed by atoms with E-state index < -0.39 is 10.2 Å². The van der Waals surface area contributed by atoms with Crippen molar-refractivity contribution in [2.45, 2.75) is 0 Å². The Hall–Kier alpha value is -2.07. The molecule has 1 aromatic rings. The second kappa shape index (κ2) is 2.96. The second-order valence-corrected chi connectivity index (χ2v) is 4.26. The maximum absolute atomic E-state index is 11.2. The van der Waals surface area contributed by atoms with Crippen LogP contribution in [-0.2, 0) is 10.2 Å². The van der Waals surface area contributed by atoms with Gasteiger partial charge in [0.15, 0.2) is 0 Å². The normalized spacial score (nSPS) is 16.9. The van der Waals surface area contributed by atoms with Gasteiger partial charge in [0.1, 0.15) is 5.84 Å². The molecule has 0 spiro atoms. The largest absolute Gasteiger partial charge is 0.382 e. The van der Waals surface area contributed by atoms with Crippen LogP contribution in [0.15, 0.2) is 22.6 Å². The van der Waals surface area contributed by atoms with Gasteiger partial charge in [0.25, 0.3) is 0 Å². The van der Waals surface area contributed by atoms with Crippen molar-refractivity contribution in [1.82, 2.24) is 0 Å². The third kappa shape index (κ3) is 1.62. The van der Waals surface area contributed by atoms with E-state index in [0.717, 1.165) is 0 Å². The van der Waals surface area contributed by atoms with Crippen molar-refractivity contribution in [2.75, 3.05) is 4.72 Å². The van der Waals surface area contributed by atoms with Crippen LogP contribution in [0, 0.1) is 11.3 Å². The average molecular weight is 222 g/mol. The van der Waals surface area contributed by atoms with E-state index in [4.69, 9.17) is 11.0 Å². The van der Waals surface area contributed by atoms with E-state index in [1.807, 2.05) is 6.07 Å². The van der Waals surface area contributed by atoms with Gasteiger partial charge in [-0.3, -0.25) is 4.72 Å². The van der Waals surface area contributed by atoms with Crippen molar-refractivity contribution in [3.8, 4) is 6.07 Å². The summed E-state index contributed by atoms with van der Waals surface area (Å²) in [5, 5.41) is 8.65. The van der Waals surface area contributed by atoms with Crippen molar-refractivity contribution in [3.63, 3.8) is 0 Å². The molecule has 0 aromatic heterocycles. The summed E-state index contributed by atoms with van der Waals surface area (Å²) in [5.41, 5.74) is 6.57. The zero-order chi connectivity index (χ0) is 11.1. The molecule has 0 atom stereocenters. The van der Waals surface area contributed by atoms with Crippen molar-refractivity contribution in [2.24, 2.45) is 10.1 Å². The van der Waals surface area contributed by atoms with Gasteiger partial charge in [-0.15, -0.1) is 4.40 Å². The quantitative estimate of drug-likeness (QED) is 0.640. The van der Waals surface area contributed by atoms with E-state index in [9.17, 15) is 8.42 Å². The zero-order valence-corrected chi connectivity index (χ0v) is 8.25. The van der Waals surface area contributed by atoms with Gasteiger partial charge in [-0.25, -0.2) is 0 Å². The van der Waals surface area contributed by atoms with E-state index in [1.54, 1.807) is 12.1 Å². The Bertz CT molecular complexity index is 598. The third-order valence-corrected chi connectivity index (χ3v) is 2.80. The van der Waals surface area contributed by atoms with Gasteiger partial charge in [-0.2, -0.15) is 13.7 Å². The number of nitrogens with zero attached hydrogens (tertiary/aromatic N) is 2. The Balaban J connectivity index is 2.67.